The Bertz CT molecular complexity index is 1520. The molecule has 1 atom stereocenters. The van der Waals surface area contributed by atoms with E-state index in [1.54, 1.807) is 16.4 Å². The average Bonchev–Trinajstić information content (AvgIpc) is 3.11. The minimum atomic E-state index is -3.83. The van der Waals surface area contributed by atoms with Crippen molar-refractivity contribution in [2.45, 2.75) is 24.7 Å². The van der Waals surface area contributed by atoms with Gasteiger partial charge in [-0.1, -0.05) is 109 Å². The molecule has 1 aliphatic rings. The Balaban J connectivity index is 1.75. The van der Waals surface area contributed by atoms with Gasteiger partial charge in [0.15, 0.2) is 0 Å². The second-order valence-electron chi connectivity index (χ2n) is 9.20. The van der Waals surface area contributed by atoms with Crippen LogP contribution in [0.25, 0.3) is 11.3 Å². The summed E-state index contributed by atoms with van der Waals surface area (Å²) in [4.78, 5) is 0.294. The highest BCUT2D eigenvalue weighted by Gasteiger charge is 2.32. The molecular formula is C32H29NO2S. The van der Waals surface area contributed by atoms with Crippen molar-refractivity contribution in [1.29, 1.82) is 0 Å². The Morgan fingerprint density at radius 1 is 0.722 bits per heavy atom. The molecule has 1 aliphatic heterocycles. The van der Waals surface area contributed by atoms with Gasteiger partial charge in [0.25, 0.3) is 10.0 Å². The van der Waals surface area contributed by atoms with Gasteiger partial charge in [0.2, 0.25) is 0 Å². The fraction of sp³-hybridized carbons (Fsp3) is 0.125. The minimum Gasteiger partial charge on any atom is -0.265 e. The lowest BCUT2D eigenvalue weighted by Gasteiger charge is -2.29. The second kappa shape index (κ2) is 10.00. The van der Waals surface area contributed by atoms with Crippen molar-refractivity contribution in [1.82, 2.24) is 4.31 Å². The number of hydrogen-bond donors (Lipinski definition) is 0. The monoisotopic (exact) mass is 491 g/mol. The summed E-state index contributed by atoms with van der Waals surface area (Å²) in [6.45, 7) is 4.29. The summed E-state index contributed by atoms with van der Waals surface area (Å²) in [5.74, 6) is -0.126. The van der Waals surface area contributed by atoms with Crippen LogP contribution in [0.3, 0.4) is 0 Å². The summed E-state index contributed by atoms with van der Waals surface area (Å²) in [5, 5.41) is 0. The summed E-state index contributed by atoms with van der Waals surface area (Å²) in [6, 6.07) is 35.4. The molecule has 1 heterocycles. The Labute approximate surface area is 214 Å². The van der Waals surface area contributed by atoms with Crippen molar-refractivity contribution in [3.63, 3.8) is 0 Å². The van der Waals surface area contributed by atoms with E-state index in [4.69, 9.17) is 0 Å². The molecule has 0 N–H and O–H groups in total. The third kappa shape index (κ3) is 4.77. The van der Waals surface area contributed by atoms with Gasteiger partial charge < -0.3 is 0 Å². The number of aryl methyl sites for hydroxylation is 2. The van der Waals surface area contributed by atoms with Gasteiger partial charge >= 0.3 is 0 Å². The van der Waals surface area contributed by atoms with Crippen LogP contribution in [-0.4, -0.2) is 19.3 Å². The predicted octanol–water partition coefficient (Wildman–Crippen LogP) is 7.22. The van der Waals surface area contributed by atoms with Gasteiger partial charge in [-0.25, -0.2) is 8.42 Å². The minimum absolute atomic E-state index is 0.126. The molecule has 0 amide bonds. The highest BCUT2D eigenvalue weighted by atomic mass is 32.2. The molecule has 0 fully saturated rings. The molecule has 0 saturated carbocycles. The van der Waals surface area contributed by atoms with Gasteiger partial charge in [-0.2, -0.15) is 0 Å². The normalized spacial score (nSPS) is 16.2. The Kier molecular flexibility index (Phi) is 6.62. The van der Waals surface area contributed by atoms with Crippen LogP contribution in [0.15, 0.2) is 126 Å². The first-order chi connectivity index (χ1) is 17.4. The molecule has 0 spiro atoms. The molecule has 0 aliphatic carbocycles. The maximum Gasteiger partial charge on any atom is 0.264 e. The number of nitrogens with zero attached hydrogens (tertiary/aromatic N) is 1. The summed E-state index contributed by atoms with van der Waals surface area (Å²) < 4.78 is 30.1. The van der Waals surface area contributed by atoms with Crippen molar-refractivity contribution < 1.29 is 8.42 Å². The lowest BCUT2D eigenvalue weighted by atomic mass is 9.94. The van der Waals surface area contributed by atoms with Gasteiger partial charge in [0.1, 0.15) is 0 Å². The lowest BCUT2D eigenvalue weighted by Crippen LogP contribution is -2.33. The molecule has 3 nitrogen and oxygen atoms in total. The molecule has 0 bridgehead atoms. The smallest absolute Gasteiger partial charge is 0.264 e. The molecule has 180 valence electrons. The maximum absolute atomic E-state index is 14.2. The Morgan fingerprint density at radius 3 is 2.00 bits per heavy atom. The van der Waals surface area contributed by atoms with Crippen LogP contribution in [0.5, 0.6) is 0 Å². The molecular weight excluding hydrogens is 462 g/mol. The lowest BCUT2D eigenvalue weighted by molar-refractivity contribution is 0.499. The zero-order chi connectivity index (χ0) is 25.1. The zero-order valence-electron chi connectivity index (χ0n) is 20.5. The standard InChI is InChI=1S/C32H29NO2S/c1-24-17-19-30(20-18-24)36(34,35)33-23-29(27-14-7-4-8-15-27)21-28(26-12-5-3-6-13-26)22-32(33)31-16-10-9-11-25(31)2/h3-22,29H,23H2,1-2H3/t29-/m1/s1. The van der Waals surface area contributed by atoms with Crippen molar-refractivity contribution >= 4 is 21.3 Å². The molecule has 36 heavy (non-hydrogen) atoms. The van der Waals surface area contributed by atoms with Crippen LogP contribution in [0.1, 0.15) is 33.7 Å². The average molecular weight is 492 g/mol. The van der Waals surface area contributed by atoms with E-state index < -0.39 is 10.0 Å². The van der Waals surface area contributed by atoms with E-state index in [1.165, 1.54) is 0 Å². The number of sulfonamides is 1. The van der Waals surface area contributed by atoms with Crippen LogP contribution in [0.2, 0.25) is 0 Å². The van der Waals surface area contributed by atoms with Crippen LogP contribution in [-0.2, 0) is 10.0 Å². The van der Waals surface area contributed by atoms with Crippen molar-refractivity contribution in [2.24, 2.45) is 0 Å². The predicted molar refractivity (Wildman–Crippen MR) is 148 cm³/mol. The van der Waals surface area contributed by atoms with Gasteiger partial charge in [-0.15, -0.1) is 0 Å². The molecule has 0 radical (unpaired) electrons. The van der Waals surface area contributed by atoms with E-state index in [2.05, 4.69) is 30.3 Å². The third-order valence-electron chi connectivity index (χ3n) is 6.67. The zero-order valence-corrected chi connectivity index (χ0v) is 21.3. The molecule has 0 aromatic heterocycles. The van der Waals surface area contributed by atoms with Crippen LogP contribution < -0.4 is 0 Å². The van der Waals surface area contributed by atoms with E-state index in [9.17, 15) is 8.42 Å². The molecule has 0 unspecified atom stereocenters. The van der Waals surface area contributed by atoms with Gasteiger partial charge in [-0.05, 0) is 54.3 Å². The van der Waals surface area contributed by atoms with E-state index in [0.717, 1.165) is 33.4 Å². The number of hydrogen-bond acceptors (Lipinski definition) is 2. The fourth-order valence-corrected chi connectivity index (χ4v) is 6.16. The first-order valence-electron chi connectivity index (χ1n) is 12.1. The molecule has 0 saturated heterocycles. The van der Waals surface area contributed by atoms with Gasteiger partial charge in [-0.3, -0.25) is 4.31 Å². The topological polar surface area (TPSA) is 37.4 Å². The molecule has 5 rings (SSSR count). The van der Waals surface area contributed by atoms with Crippen LogP contribution >= 0.6 is 0 Å². The van der Waals surface area contributed by atoms with Crippen molar-refractivity contribution in [2.75, 3.05) is 6.54 Å². The quantitative estimate of drug-likeness (QED) is 0.296. The van der Waals surface area contributed by atoms with E-state index in [1.807, 2.05) is 92.7 Å². The van der Waals surface area contributed by atoms with E-state index in [-0.39, 0.29) is 5.92 Å². The van der Waals surface area contributed by atoms with Crippen LogP contribution in [0.4, 0.5) is 0 Å². The molecule has 4 aromatic carbocycles. The number of rotatable bonds is 5. The SMILES string of the molecule is Cc1ccc(S(=O)(=O)N2C[C@H](c3ccccc3)C=C(c3ccccc3)C=C2c2ccccc2C)cc1. The largest absolute Gasteiger partial charge is 0.265 e. The van der Waals surface area contributed by atoms with Crippen LogP contribution in [0, 0.1) is 13.8 Å². The summed E-state index contributed by atoms with van der Waals surface area (Å²) in [5.41, 5.74) is 6.77. The fourth-order valence-electron chi connectivity index (χ4n) is 4.66. The van der Waals surface area contributed by atoms with Gasteiger partial charge in [0.05, 0.1) is 10.6 Å². The Morgan fingerprint density at radius 2 is 1.33 bits per heavy atom. The first-order valence-corrected chi connectivity index (χ1v) is 13.6. The van der Waals surface area contributed by atoms with Crippen molar-refractivity contribution in [3.05, 3.63) is 149 Å². The third-order valence-corrected chi connectivity index (χ3v) is 8.46. The second-order valence-corrected chi connectivity index (χ2v) is 11.1. The molecule has 4 heteroatoms. The van der Waals surface area contributed by atoms with Gasteiger partial charge in [0, 0.05) is 18.0 Å². The highest BCUT2D eigenvalue weighted by molar-refractivity contribution is 7.89. The van der Waals surface area contributed by atoms with E-state index >= 15 is 0 Å². The number of allylic oxidation sites excluding steroid dienone is 2. The summed E-state index contributed by atoms with van der Waals surface area (Å²) in [7, 11) is -3.83. The number of benzene rings is 4. The first kappa shape index (κ1) is 23.8. The molecule has 4 aromatic rings. The van der Waals surface area contributed by atoms with E-state index in [0.29, 0.717) is 17.1 Å². The highest BCUT2D eigenvalue weighted by Crippen LogP contribution is 2.38. The Hall–Kier alpha value is -3.89. The summed E-state index contributed by atoms with van der Waals surface area (Å²) >= 11 is 0. The van der Waals surface area contributed by atoms with Crippen molar-refractivity contribution in [3.8, 4) is 0 Å². The maximum atomic E-state index is 14.2. The summed E-state index contributed by atoms with van der Waals surface area (Å²) in [6.07, 6.45) is 4.24.